The molecule has 0 aliphatic heterocycles. The largest absolute Gasteiger partial charge is 0.363 e. The Morgan fingerprint density at radius 1 is 1.70 bits per heavy atom. The van der Waals surface area contributed by atoms with Gasteiger partial charge in [-0.1, -0.05) is 6.92 Å². The molecule has 0 unspecified atom stereocenters. The van der Waals surface area contributed by atoms with E-state index in [0.717, 1.165) is 11.4 Å². The van der Waals surface area contributed by atoms with Gasteiger partial charge in [-0.2, -0.15) is 0 Å². The minimum absolute atomic E-state index is 0.349. The van der Waals surface area contributed by atoms with E-state index in [1.807, 2.05) is 6.92 Å². The third kappa shape index (κ3) is 1.53. The van der Waals surface area contributed by atoms with Crippen LogP contribution in [0.1, 0.15) is 23.9 Å². The molecule has 1 aromatic rings. The summed E-state index contributed by atoms with van der Waals surface area (Å²) in [5, 5.41) is 19.9. The van der Waals surface area contributed by atoms with Crippen LogP contribution >= 0.6 is 11.3 Å². The Morgan fingerprint density at radius 3 is 2.70 bits per heavy atom. The molecule has 0 bridgehead atoms. The Morgan fingerprint density at radius 2 is 2.40 bits per heavy atom. The van der Waals surface area contributed by atoms with E-state index in [9.17, 15) is 0 Å². The van der Waals surface area contributed by atoms with Gasteiger partial charge in [-0.25, -0.2) is 4.98 Å². The van der Waals surface area contributed by atoms with Gasteiger partial charge in [0.1, 0.15) is 5.69 Å². The fourth-order valence-corrected chi connectivity index (χ4v) is 1.36. The summed E-state index contributed by atoms with van der Waals surface area (Å²) in [6, 6.07) is 0. The van der Waals surface area contributed by atoms with Crippen LogP contribution in [0.25, 0.3) is 0 Å². The molecule has 0 aliphatic rings. The first-order valence-electron chi connectivity index (χ1n) is 3.04. The molecule has 2 N–H and O–H groups in total. The molecule has 0 radical (unpaired) electrons. The molecule has 3 nitrogen and oxygen atoms in total. The highest BCUT2D eigenvalue weighted by Crippen LogP contribution is 2.14. The number of hydrogen-bond donors (Lipinski definition) is 2. The maximum absolute atomic E-state index is 8.63. The average Bonchev–Trinajstić information content (AvgIpc) is 2.34. The van der Waals surface area contributed by atoms with E-state index >= 15 is 0 Å². The standard InChI is InChI=1S/C6H9NO2S/c1-2-5-7-4(3-10-5)6(8)9/h3,6,8-9H,2H2,1H3. The minimum Gasteiger partial charge on any atom is -0.363 e. The zero-order chi connectivity index (χ0) is 7.56. The second kappa shape index (κ2) is 3.09. The van der Waals surface area contributed by atoms with Crippen molar-refractivity contribution in [1.29, 1.82) is 0 Å². The number of hydrogen-bond acceptors (Lipinski definition) is 4. The fourth-order valence-electron chi connectivity index (χ4n) is 0.606. The molecule has 0 fully saturated rings. The Balaban J connectivity index is 2.78. The lowest BCUT2D eigenvalue weighted by Crippen LogP contribution is -1.94. The molecule has 4 heteroatoms. The molecular weight excluding hydrogens is 150 g/mol. The first-order chi connectivity index (χ1) is 4.74. The molecular formula is C6H9NO2S. The Hall–Kier alpha value is -0.450. The van der Waals surface area contributed by atoms with Crippen molar-refractivity contribution in [3.05, 3.63) is 16.1 Å². The summed E-state index contributed by atoms with van der Waals surface area (Å²) < 4.78 is 0. The minimum atomic E-state index is -1.42. The normalized spacial score (nSPS) is 10.8. The summed E-state index contributed by atoms with van der Waals surface area (Å²) in [5.74, 6) is 0. The van der Waals surface area contributed by atoms with Crippen molar-refractivity contribution in [3.8, 4) is 0 Å². The summed E-state index contributed by atoms with van der Waals surface area (Å²) in [7, 11) is 0. The third-order valence-corrected chi connectivity index (χ3v) is 2.15. The van der Waals surface area contributed by atoms with Crippen LogP contribution in [0.4, 0.5) is 0 Å². The Bertz CT molecular complexity index is 209. The average molecular weight is 159 g/mol. The summed E-state index contributed by atoms with van der Waals surface area (Å²) in [5.41, 5.74) is 0.349. The van der Waals surface area contributed by atoms with Crippen molar-refractivity contribution in [2.24, 2.45) is 0 Å². The SMILES string of the molecule is CCc1nc(C(O)O)cs1. The molecule has 56 valence electrons. The van der Waals surface area contributed by atoms with Gasteiger partial charge in [0.15, 0.2) is 6.29 Å². The van der Waals surface area contributed by atoms with Crippen molar-refractivity contribution in [1.82, 2.24) is 4.98 Å². The van der Waals surface area contributed by atoms with E-state index in [-0.39, 0.29) is 0 Å². The Labute approximate surface area is 63.0 Å². The predicted octanol–water partition coefficient (Wildman–Crippen LogP) is 0.689. The van der Waals surface area contributed by atoms with E-state index in [4.69, 9.17) is 10.2 Å². The number of rotatable bonds is 2. The smallest absolute Gasteiger partial charge is 0.196 e. The Kier molecular flexibility index (Phi) is 2.37. The molecule has 10 heavy (non-hydrogen) atoms. The molecule has 1 heterocycles. The van der Waals surface area contributed by atoms with Crippen molar-refractivity contribution < 1.29 is 10.2 Å². The first-order valence-corrected chi connectivity index (χ1v) is 3.92. The van der Waals surface area contributed by atoms with Crippen molar-refractivity contribution in [3.63, 3.8) is 0 Å². The number of aromatic nitrogens is 1. The number of nitrogens with zero attached hydrogens (tertiary/aromatic N) is 1. The van der Waals surface area contributed by atoms with E-state index in [1.54, 1.807) is 5.38 Å². The highest BCUT2D eigenvalue weighted by molar-refractivity contribution is 7.09. The van der Waals surface area contributed by atoms with E-state index in [2.05, 4.69) is 4.98 Å². The second-order valence-corrected chi connectivity index (χ2v) is 2.84. The van der Waals surface area contributed by atoms with Crippen LogP contribution in [0.15, 0.2) is 5.38 Å². The molecule has 0 atom stereocenters. The van der Waals surface area contributed by atoms with E-state index < -0.39 is 6.29 Å². The zero-order valence-corrected chi connectivity index (χ0v) is 6.43. The zero-order valence-electron chi connectivity index (χ0n) is 5.61. The van der Waals surface area contributed by atoms with Crippen LogP contribution in [-0.2, 0) is 6.42 Å². The van der Waals surface area contributed by atoms with Crippen LogP contribution in [0.3, 0.4) is 0 Å². The molecule has 0 saturated carbocycles. The van der Waals surface area contributed by atoms with Gasteiger partial charge < -0.3 is 10.2 Å². The van der Waals surface area contributed by atoms with Gasteiger partial charge in [0.05, 0.1) is 5.01 Å². The van der Waals surface area contributed by atoms with Gasteiger partial charge >= 0.3 is 0 Å². The molecule has 0 aliphatic carbocycles. The molecule has 0 amide bonds. The van der Waals surface area contributed by atoms with Crippen LogP contribution in [0.2, 0.25) is 0 Å². The van der Waals surface area contributed by atoms with Crippen molar-refractivity contribution in [2.45, 2.75) is 19.6 Å². The van der Waals surface area contributed by atoms with Crippen molar-refractivity contribution in [2.75, 3.05) is 0 Å². The third-order valence-electron chi connectivity index (χ3n) is 1.14. The van der Waals surface area contributed by atoms with Crippen LogP contribution in [0.5, 0.6) is 0 Å². The number of thiazole rings is 1. The highest BCUT2D eigenvalue weighted by Gasteiger charge is 2.05. The first kappa shape index (κ1) is 7.65. The fraction of sp³-hybridized carbons (Fsp3) is 0.500. The number of aliphatic hydroxyl groups is 2. The maximum Gasteiger partial charge on any atom is 0.196 e. The second-order valence-electron chi connectivity index (χ2n) is 1.89. The van der Waals surface area contributed by atoms with Gasteiger partial charge in [0.25, 0.3) is 0 Å². The highest BCUT2D eigenvalue weighted by atomic mass is 32.1. The topological polar surface area (TPSA) is 53.4 Å². The lowest BCUT2D eigenvalue weighted by molar-refractivity contribution is -0.0454. The van der Waals surface area contributed by atoms with Crippen molar-refractivity contribution >= 4 is 11.3 Å². The van der Waals surface area contributed by atoms with Crippen LogP contribution < -0.4 is 0 Å². The summed E-state index contributed by atoms with van der Waals surface area (Å²) in [4.78, 5) is 3.95. The van der Waals surface area contributed by atoms with Gasteiger partial charge in [-0.3, -0.25) is 0 Å². The molecule has 1 aromatic heterocycles. The summed E-state index contributed by atoms with van der Waals surface area (Å²) in [6.07, 6.45) is -0.575. The molecule has 0 aromatic carbocycles. The number of aryl methyl sites for hydroxylation is 1. The monoisotopic (exact) mass is 159 g/mol. The summed E-state index contributed by atoms with van der Waals surface area (Å²) >= 11 is 1.45. The van der Waals surface area contributed by atoms with Crippen LogP contribution in [0, 0.1) is 0 Å². The lowest BCUT2D eigenvalue weighted by Gasteiger charge is -1.94. The van der Waals surface area contributed by atoms with E-state index in [1.165, 1.54) is 11.3 Å². The summed E-state index contributed by atoms with van der Waals surface area (Å²) in [6.45, 7) is 1.98. The lowest BCUT2D eigenvalue weighted by atomic mass is 10.4. The number of aliphatic hydroxyl groups excluding tert-OH is 1. The van der Waals surface area contributed by atoms with Gasteiger partial charge in [0, 0.05) is 5.38 Å². The van der Waals surface area contributed by atoms with Crippen LogP contribution in [-0.4, -0.2) is 15.2 Å². The molecule has 0 saturated heterocycles. The maximum atomic E-state index is 8.63. The quantitative estimate of drug-likeness (QED) is 0.624. The van der Waals surface area contributed by atoms with Gasteiger partial charge in [0.2, 0.25) is 0 Å². The van der Waals surface area contributed by atoms with Gasteiger partial charge in [-0.05, 0) is 6.42 Å². The molecule has 0 spiro atoms. The molecule has 1 rings (SSSR count). The van der Waals surface area contributed by atoms with E-state index in [0.29, 0.717) is 5.69 Å². The van der Waals surface area contributed by atoms with Gasteiger partial charge in [-0.15, -0.1) is 11.3 Å². The predicted molar refractivity (Wildman–Crippen MR) is 38.7 cm³/mol.